The number of nitrogens with zero attached hydrogens (tertiary/aromatic N) is 1. The van der Waals surface area contributed by atoms with E-state index in [1.165, 1.54) is 4.90 Å². The molecule has 0 aliphatic carbocycles. The molecule has 4 heteroatoms. The standard InChI is InChI=1S/C12H16ClNO2/c1-4-14(3)12(15)16-11-7-5-10(6-8-11)9(2)13/h5-9H,4H2,1-3H3. The van der Waals surface area contributed by atoms with Crippen LogP contribution in [0.25, 0.3) is 0 Å². The first-order valence-electron chi connectivity index (χ1n) is 5.21. The number of hydrogen-bond donors (Lipinski definition) is 0. The fourth-order valence-electron chi connectivity index (χ4n) is 1.11. The summed E-state index contributed by atoms with van der Waals surface area (Å²) < 4.78 is 5.15. The van der Waals surface area contributed by atoms with Crippen LogP contribution in [0.5, 0.6) is 5.75 Å². The second-order valence-electron chi connectivity index (χ2n) is 3.57. The zero-order valence-electron chi connectivity index (χ0n) is 9.74. The quantitative estimate of drug-likeness (QED) is 0.759. The first-order valence-corrected chi connectivity index (χ1v) is 5.65. The van der Waals surface area contributed by atoms with Crippen molar-refractivity contribution in [3.63, 3.8) is 0 Å². The first-order chi connectivity index (χ1) is 7.54. The normalized spacial score (nSPS) is 12.0. The minimum atomic E-state index is -0.353. The molecule has 1 atom stereocenters. The van der Waals surface area contributed by atoms with Crippen molar-refractivity contribution in [1.29, 1.82) is 0 Å². The molecule has 0 spiro atoms. The third kappa shape index (κ3) is 3.42. The summed E-state index contributed by atoms with van der Waals surface area (Å²) in [6.07, 6.45) is -0.353. The summed E-state index contributed by atoms with van der Waals surface area (Å²) in [5, 5.41) is -0.0388. The predicted molar refractivity (Wildman–Crippen MR) is 65.0 cm³/mol. The average Bonchev–Trinajstić information content (AvgIpc) is 2.28. The summed E-state index contributed by atoms with van der Waals surface area (Å²) in [5.41, 5.74) is 1.00. The van der Waals surface area contributed by atoms with E-state index in [0.29, 0.717) is 12.3 Å². The van der Waals surface area contributed by atoms with Crippen molar-refractivity contribution in [1.82, 2.24) is 4.90 Å². The smallest absolute Gasteiger partial charge is 0.410 e. The Hall–Kier alpha value is -1.22. The van der Waals surface area contributed by atoms with Crippen molar-refractivity contribution in [2.45, 2.75) is 19.2 Å². The number of hydrogen-bond acceptors (Lipinski definition) is 2. The molecule has 0 fully saturated rings. The van der Waals surface area contributed by atoms with Crippen LogP contribution in [0.2, 0.25) is 0 Å². The maximum Gasteiger partial charge on any atom is 0.414 e. The molecule has 0 N–H and O–H groups in total. The lowest BCUT2D eigenvalue weighted by Gasteiger charge is -2.14. The molecule has 0 aliphatic rings. The van der Waals surface area contributed by atoms with E-state index < -0.39 is 0 Å². The molecule has 16 heavy (non-hydrogen) atoms. The number of alkyl halides is 1. The summed E-state index contributed by atoms with van der Waals surface area (Å²) in [6.45, 7) is 4.41. The molecule has 0 aliphatic heterocycles. The van der Waals surface area contributed by atoms with Crippen LogP contribution in [0.3, 0.4) is 0 Å². The highest BCUT2D eigenvalue weighted by Crippen LogP contribution is 2.22. The maximum absolute atomic E-state index is 11.4. The molecule has 1 amide bonds. The predicted octanol–water partition coefficient (Wildman–Crippen LogP) is 3.44. The van der Waals surface area contributed by atoms with E-state index in [0.717, 1.165) is 5.56 Å². The second-order valence-corrected chi connectivity index (χ2v) is 4.22. The van der Waals surface area contributed by atoms with E-state index in [1.807, 2.05) is 26.0 Å². The minimum Gasteiger partial charge on any atom is -0.410 e. The Bertz CT molecular complexity index is 349. The second kappa shape index (κ2) is 5.75. The van der Waals surface area contributed by atoms with Gasteiger partial charge in [-0.3, -0.25) is 0 Å². The Morgan fingerprint density at radius 2 is 2.00 bits per heavy atom. The fraction of sp³-hybridized carbons (Fsp3) is 0.417. The van der Waals surface area contributed by atoms with Crippen molar-refractivity contribution < 1.29 is 9.53 Å². The van der Waals surface area contributed by atoms with Crippen LogP contribution in [0.4, 0.5) is 4.79 Å². The van der Waals surface area contributed by atoms with E-state index in [1.54, 1.807) is 19.2 Å². The Morgan fingerprint density at radius 1 is 1.44 bits per heavy atom. The molecule has 0 aromatic heterocycles. The van der Waals surface area contributed by atoms with E-state index in [9.17, 15) is 4.79 Å². The molecule has 0 saturated carbocycles. The van der Waals surface area contributed by atoms with Crippen LogP contribution >= 0.6 is 11.6 Å². The van der Waals surface area contributed by atoms with Gasteiger partial charge in [0.25, 0.3) is 0 Å². The number of halogens is 1. The number of carbonyl (C=O) groups is 1. The summed E-state index contributed by atoms with van der Waals surface area (Å²) in [6, 6.07) is 7.20. The largest absolute Gasteiger partial charge is 0.414 e. The van der Waals surface area contributed by atoms with Gasteiger partial charge in [0.1, 0.15) is 5.75 Å². The molecule has 0 saturated heterocycles. The summed E-state index contributed by atoms with van der Waals surface area (Å²) in [5.74, 6) is 0.534. The number of carbonyl (C=O) groups excluding carboxylic acids is 1. The topological polar surface area (TPSA) is 29.5 Å². The van der Waals surface area contributed by atoms with Gasteiger partial charge in [-0.05, 0) is 31.5 Å². The van der Waals surface area contributed by atoms with Gasteiger partial charge in [-0.15, -0.1) is 11.6 Å². The van der Waals surface area contributed by atoms with Crippen LogP contribution < -0.4 is 4.74 Å². The monoisotopic (exact) mass is 241 g/mol. The lowest BCUT2D eigenvalue weighted by molar-refractivity contribution is 0.165. The van der Waals surface area contributed by atoms with Crippen molar-refractivity contribution >= 4 is 17.7 Å². The maximum atomic E-state index is 11.4. The molecule has 1 aromatic carbocycles. The molecular weight excluding hydrogens is 226 g/mol. The highest BCUT2D eigenvalue weighted by atomic mass is 35.5. The van der Waals surface area contributed by atoms with Crippen LogP contribution in [0.15, 0.2) is 24.3 Å². The SMILES string of the molecule is CCN(C)C(=O)Oc1ccc(C(C)Cl)cc1. The molecule has 3 nitrogen and oxygen atoms in total. The molecule has 88 valence electrons. The van der Waals surface area contributed by atoms with Crippen molar-refractivity contribution in [3.05, 3.63) is 29.8 Å². The lowest BCUT2D eigenvalue weighted by atomic mass is 10.2. The first kappa shape index (κ1) is 12.8. The van der Waals surface area contributed by atoms with Gasteiger partial charge in [-0.2, -0.15) is 0 Å². The molecule has 0 radical (unpaired) electrons. The van der Waals surface area contributed by atoms with E-state index in [4.69, 9.17) is 16.3 Å². The zero-order chi connectivity index (χ0) is 12.1. The van der Waals surface area contributed by atoms with E-state index >= 15 is 0 Å². The zero-order valence-corrected chi connectivity index (χ0v) is 10.5. The molecular formula is C12H16ClNO2. The van der Waals surface area contributed by atoms with Crippen LogP contribution in [0, 0.1) is 0 Å². The average molecular weight is 242 g/mol. The van der Waals surface area contributed by atoms with Crippen LogP contribution in [-0.2, 0) is 0 Å². The van der Waals surface area contributed by atoms with Gasteiger partial charge in [0.15, 0.2) is 0 Å². The lowest BCUT2D eigenvalue weighted by Crippen LogP contribution is -2.29. The summed E-state index contributed by atoms with van der Waals surface area (Å²) in [7, 11) is 1.69. The summed E-state index contributed by atoms with van der Waals surface area (Å²) >= 11 is 5.92. The molecule has 1 unspecified atom stereocenters. The highest BCUT2D eigenvalue weighted by Gasteiger charge is 2.09. The number of ether oxygens (including phenoxy) is 1. The van der Waals surface area contributed by atoms with Crippen molar-refractivity contribution in [2.24, 2.45) is 0 Å². The van der Waals surface area contributed by atoms with Gasteiger partial charge in [0.05, 0.1) is 5.38 Å². The van der Waals surface area contributed by atoms with Crippen molar-refractivity contribution in [3.8, 4) is 5.75 Å². The number of rotatable bonds is 3. The number of amides is 1. The Labute approximate surface area is 101 Å². The minimum absolute atomic E-state index is 0.0388. The van der Waals surface area contributed by atoms with Crippen LogP contribution in [-0.4, -0.2) is 24.6 Å². The Balaban J connectivity index is 2.65. The van der Waals surface area contributed by atoms with Gasteiger partial charge in [-0.25, -0.2) is 4.79 Å². The molecule has 0 heterocycles. The van der Waals surface area contributed by atoms with E-state index in [-0.39, 0.29) is 11.5 Å². The molecule has 1 aromatic rings. The van der Waals surface area contributed by atoms with Crippen molar-refractivity contribution in [2.75, 3.05) is 13.6 Å². The molecule has 1 rings (SSSR count). The van der Waals surface area contributed by atoms with Crippen LogP contribution in [0.1, 0.15) is 24.8 Å². The van der Waals surface area contributed by atoms with Gasteiger partial charge in [-0.1, -0.05) is 12.1 Å². The fourth-order valence-corrected chi connectivity index (χ4v) is 1.25. The highest BCUT2D eigenvalue weighted by molar-refractivity contribution is 6.20. The third-order valence-corrected chi connectivity index (χ3v) is 2.58. The summed E-state index contributed by atoms with van der Waals surface area (Å²) in [4.78, 5) is 12.9. The molecule has 0 bridgehead atoms. The van der Waals surface area contributed by atoms with Gasteiger partial charge >= 0.3 is 6.09 Å². The Morgan fingerprint density at radius 3 is 2.44 bits per heavy atom. The van der Waals surface area contributed by atoms with Gasteiger partial charge < -0.3 is 9.64 Å². The Kier molecular flexibility index (Phi) is 4.62. The van der Waals surface area contributed by atoms with Gasteiger partial charge in [0, 0.05) is 13.6 Å². The number of benzene rings is 1. The van der Waals surface area contributed by atoms with E-state index in [2.05, 4.69) is 0 Å². The third-order valence-electron chi connectivity index (χ3n) is 2.33. The van der Waals surface area contributed by atoms with Gasteiger partial charge in [0.2, 0.25) is 0 Å².